The molecule has 0 saturated carbocycles. The summed E-state index contributed by atoms with van der Waals surface area (Å²) in [6.07, 6.45) is 4.29. The highest BCUT2D eigenvalue weighted by Crippen LogP contribution is 2.31. The van der Waals surface area contributed by atoms with Gasteiger partial charge in [0.05, 0.1) is 45.2 Å². The molecule has 0 atom stereocenters. The summed E-state index contributed by atoms with van der Waals surface area (Å²) in [5, 5.41) is 49.0. The predicted octanol–water partition coefficient (Wildman–Crippen LogP) is 2.97. The van der Waals surface area contributed by atoms with Gasteiger partial charge in [0.1, 0.15) is 4.90 Å². The van der Waals surface area contributed by atoms with Crippen molar-refractivity contribution in [1.29, 1.82) is 0 Å². The van der Waals surface area contributed by atoms with E-state index in [9.17, 15) is 23.2 Å². The largest absolute Gasteiger partial charge is 0.467 e. The highest BCUT2D eigenvalue weighted by Gasteiger charge is 2.18. The van der Waals surface area contributed by atoms with Gasteiger partial charge in [0.2, 0.25) is 17.8 Å². The van der Waals surface area contributed by atoms with Crippen molar-refractivity contribution >= 4 is 87.7 Å². The average Bonchev–Trinajstić information content (AvgIpc) is 3.16. The number of ether oxygens (including phenoxy) is 2. The molecule has 0 aliphatic rings. The minimum atomic E-state index is -4.77. The van der Waals surface area contributed by atoms with E-state index < -0.39 is 15.0 Å². The normalized spacial score (nSPS) is 11.7. The van der Waals surface area contributed by atoms with Crippen LogP contribution in [0.25, 0.3) is 12.2 Å². The molecular formula is C28H32N10O13S3. The SMILES string of the molecule is COc1nc(N=CCSOOO)nc(Nc2ccc(C=Cc3ccc(Nc4nc(OC)nc(N(CCO)CCO)n4)cc3SOOO)c(S(=O)(=O)O)c2)n1. The van der Waals surface area contributed by atoms with E-state index in [4.69, 9.17) is 20.0 Å². The molecule has 7 N–H and O–H groups in total. The molecule has 0 aliphatic heterocycles. The molecule has 0 radical (unpaired) electrons. The van der Waals surface area contributed by atoms with Gasteiger partial charge in [-0.25, -0.2) is 15.5 Å². The van der Waals surface area contributed by atoms with Gasteiger partial charge in [0.25, 0.3) is 16.1 Å². The molecule has 26 heteroatoms. The van der Waals surface area contributed by atoms with Crippen LogP contribution in [-0.2, 0) is 28.9 Å². The Morgan fingerprint density at radius 2 is 1.43 bits per heavy atom. The Bertz CT molecular complexity index is 2010. The number of benzene rings is 2. The van der Waals surface area contributed by atoms with E-state index in [2.05, 4.69) is 64.3 Å². The van der Waals surface area contributed by atoms with E-state index in [0.717, 1.165) is 18.1 Å². The quantitative estimate of drug-likeness (QED) is 0.0114. The molecule has 290 valence electrons. The fourth-order valence-corrected chi connectivity index (χ4v) is 5.68. The third-order valence-electron chi connectivity index (χ3n) is 6.44. The number of nitrogens with zero attached hydrogens (tertiary/aromatic N) is 8. The number of rotatable bonds is 22. The third-order valence-corrected chi connectivity index (χ3v) is 8.45. The van der Waals surface area contributed by atoms with Crippen LogP contribution in [0, 0.1) is 0 Å². The lowest BCUT2D eigenvalue weighted by Crippen LogP contribution is -2.31. The Labute approximate surface area is 315 Å². The van der Waals surface area contributed by atoms with Gasteiger partial charge in [-0.05, 0) is 35.4 Å². The standard InChI is InChI=1S/C28H32N10O13S3/c1-46-27-34-23(29-9-14-52-50-48-41)32-24(35-27)31-20-8-6-18(22(16-20)54(43,44)45)4-3-17-5-7-19(15-21(17)53-51-49-42)30-25-33-26(37-28(36-25)47-2)38(10-12-39)11-13-40/h3-9,15-16,39-42H,10-14H2,1-2H3,(H,43,44,45)(H,30,33,36,37)(H,31,32,34,35). The molecule has 0 spiro atoms. The molecule has 4 aromatic rings. The lowest BCUT2D eigenvalue weighted by atomic mass is 10.1. The van der Waals surface area contributed by atoms with Crippen LogP contribution in [0.4, 0.5) is 35.2 Å². The molecule has 2 aromatic heterocycles. The molecule has 2 aromatic carbocycles. The van der Waals surface area contributed by atoms with E-state index in [1.165, 1.54) is 49.6 Å². The van der Waals surface area contributed by atoms with Crippen LogP contribution in [0.1, 0.15) is 11.1 Å². The molecule has 2 heterocycles. The summed E-state index contributed by atoms with van der Waals surface area (Å²) in [6, 6.07) is 8.75. The van der Waals surface area contributed by atoms with Gasteiger partial charge in [-0.1, -0.05) is 34.4 Å². The highest BCUT2D eigenvalue weighted by molar-refractivity contribution is 7.95. The number of aliphatic hydroxyl groups is 2. The molecule has 0 amide bonds. The van der Waals surface area contributed by atoms with Crippen molar-refractivity contribution in [2.24, 2.45) is 4.99 Å². The minimum absolute atomic E-state index is 0.0370. The molecule has 0 fully saturated rings. The van der Waals surface area contributed by atoms with Crippen molar-refractivity contribution in [2.45, 2.75) is 9.79 Å². The summed E-state index contributed by atoms with van der Waals surface area (Å²) >= 11 is 1.35. The Balaban J connectivity index is 1.61. The predicted molar refractivity (Wildman–Crippen MR) is 193 cm³/mol. The van der Waals surface area contributed by atoms with Crippen molar-refractivity contribution in [2.75, 3.05) is 61.8 Å². The van der Waals surface area contributed by atoms with Crippen LogP contribution >= 0.6 is 24.1 Å². The van der Waals surface area contributed by atoms with E-state index in [1.54, 1.807) is 18.2 Å². The second-order valence-corrected chi connectivity index (χ2v) is 12.7. The summed E-state index contributed by atoms with van der Waals surface area (Å²) < 4.78 is 54.3. The maximum Gasteiger partial charge on any atom is 0.322 e. The zero-order chi connectivity index (χ0) is 38.9. The second kappa shape index (κ2) is 21.2. The third kappa shape index (κ3) is 12.6. The Kier molecular flexibility index (Phi) is 16.4. The number of aliphatic imine (C=N–C) groups is 1. The first kappa shape index (κ1) is 41.9. The van der Waals surface area contributed by atoms with Crippen LogP contribution in [-0.4, -0.2) is 116 Å². The molecular weight excluding hydrogens is 781 g/mol. The summed E-state index contributed by atoms with van der Waals surface area (Å²) in [4.78, 5) is 30.4. The van der Waals surface area contributed by atoms with Crippen molar-refractivity contribution in [3.63, 3.8) is 0 Å². The summed E-state index contributed by atoms with van der Waals surface area (Å²) in [6.45, 7) is -0.169. The molecule has 4 rings (SSSR count). The highest BCUT2D eigenvalue weighted by atomic mass is 32.2. The topological polar surface area (TPSA) is 308 Å². The summed E-state index contributed by atoms with van der Waals surface area (Å²) in [7, 11) is -2.09. The van der Waals surface area contributed by atoms with E-state index >= 15 is 0 Å². The maximum absolute atomic E-state index is 12.5. The first-order chi connectivity index (χ1) is 26.1. The van der Waals surface area contributed by atoms with Crippen LogP contribution in [0.3, 0.4) is 0 Å². The second-order valence-electron chi connectivity index (χ2n) is 9.85. The Morgan fingerprint density at radius 1 is 0.815 bits per heavy atom. The van der Waals surface area contributed by atoms with Crippen LogP contribution in [0.2, 0.25) is 0 Å². The van der Waals surface area contributed by atoms with Gasteiger partial charge < -0.3 is 35.2 Å². The molecule has 0 saturated heterocycles. The monoisotopic (exact) mass is 812 g/mol. The number of nitrogens with one attached hydrogen (secondary N) is 2. The van der Waals surface area contributed by atoms with Crippen LogP contribution in [0.5, 0.6) is 12.0 Å². The van der Waals surface area contributed by atoms with Crippen molar-refractivity contribution < 1.29 is 61.9 Å². The smallest absolute Gasteiger partial charge is 0.322 e. The summed E-state index contributed by atoms with van der Waals surface area (Å²) in [5.41, 5.74) is 1.14. The molecule has 23 nitrogen and oxygen atoms in total. The molecule has 0 unspecified atom stereocenters. The number of aliphatic hydroxyl groups excluding tert-OH is 2. The van der Waals surface area contributed by atoms with Crippen LogP contribution < -0.4 is 25.0 Å². The van der Waals surface area contributed by atoms with Gasteiger partial charge in [0, 0.05) is 47.6 Å². The van der Waals surface area contributed by atoms with Crippen molar-refractivity contribution in [1.82, 2.24) is 29.9 Å². The molecule has 0 aliphatic carbocycles. The Morgan fingerprint density at radius 3 is 2.06 bits per heavy atom. The lowest BCUT2D eigenvalue weighted by Gasteiger charge is -2.21. The molecule has 0 bridgehead atoms. The lowest BCUT2D eigenvalue weighted by molar-refractivity contribution is -0.432. The number of methoxy groups -OCH3 is 2. The first-order valence-corrected chi connectivity index (χ1v) is 18.0. The fraction of sp³-hybridized carbons (Fsp3) is 0.250. The van der Waals surface area contributed by atoms with Gasteiger partial charge in [0.15, 0.2) is 0 Å². The number of hydrogen-bond acceptors (Lipinski definition) is 24. The minimum Gasteiger partial charge on any atom is -0.467 e. The van der Waals surface area contributed by atoms with E-state index in [-0.39, 0.29) is 79.1 Å². The van der Waals surface area contributed by atoms with Crippen molar-refractivity contribution in [3.8, 4) is 12.0 Å². The Hall–Kier alpha value is -4.84. The summed E-state index contributed by atoms with van der Waals surface area (Å²) in [5.74, 6) is 0.205. The fourth-order valence-electron chi connectivity index (χ4n) is 4.22. The number of aromatic nitrogens is 6. The zero-order valence-corrected chi connectivity index (χ0v) is 30.5. The molecule has 54 heavy (non-hydrogen) atoms. The first-order valence-electron chi connectivity index (χ1n) is 14.9. The van der Waals surface area contributed by atoms with Gasteiger partial charge in [-0.15, -0.1) is 8.67 Å². The van der Waals surface area contributed by atoms with Gasteiger partial charge in [-0.2, -0.15) is 38.3 Å². The van der Waals surface area contributed by atoms with Crippen LogP contribution in [0.15, 0.2) is 51.2 Å². The van der Waals surface area contributed by atoms with Gasteiger partial charge >= 0.3 is 12.0 Å². The van der Waals surface area contributed by atoms with E-state index in [0.29, 0.717) is 28.2 Å². The maximum atomic E-state index is 12.5. The zero-order valence-electron chi connectivity index (χ0n) is 28.0. The number of anilines is 5. The average molecular weight is 813 g/mol. The number of hydrogen-bond donors (Lipinski definition) is 7. The van der Waals surface area contributed by atoms with Gasteiger partial charge in [-0.3, -0.25) is 4.55 Å². The van der Waals surface area contributed by atoms with Crippen molar-refractivity contribution in [3.05, 3.63) is 47.5 Å². The van der Waals surface area contributed by atoms with E-state index in [1.807, 2.05) is 0 Å².